The van der Waals surface area contributed by atoms with Crippen molar-refractivity contribution in [2.75, 3.05) is 5.32 Å². The number of halogens is 2. The van der Waals surface area contributed by atoms with Crippen LogP contribution in [-0.4, -0.2) is 16.3 Å². The maximum atomic E-state index is 13.3. The minimum atomic E-state index is -0.311. The summed E-state index contributed by atoms with van der Waals surface area (Å²) < 4.78 is 18.9. The second kappa shape index (κ2) is 8.24. The monoisotopic (exact) mass is 407 g/mol. The van der Waals surface area contributed by atoms with Crippen LogP contribution < -0.4 is 10.1 Å². The van der Waals surface area contributed by atoms with E-state index in [9.17, 15) is 9.18 Å². The number of aromatic nitrogens is 2. The molecule has 0 radical (unpaired) electrons. The van der Waals surface area contributed by atoms with Crippen LogP contribution in [0, 0.1) is 5.82 Å². The first-order valence-electron chi connectivity index (χ1n) is 8.76. The highest BCUT2D eigenvalue weighted by Crippen LogP contribution is 2.29. The van der Waals surface area contributed by atoms with Gasteiger partial charge in [-0.05, 0) is 54.1 Å². The van der Waals surface area contributed by atoms with Gasteiger partial charge in [-0.3, -0.25) is 4.79 Å². The van der Waals surface area contributed by atoms with Crippen molar-refractivity contribution < 1.29 is 13.9 Å². The molecule has 5 nitrogen and oxygen atoms in total. The minimum absolute atomic E-state index is 0.209. The Labute approximate surface area is 171 Å². The van der Waals surface area contributed by atoms with E-state index in [1.54, 1.807) is 54.7 Å². The Morgan fingerprint density at radius 2 is 2.00 bits per heavy atom. The van der Waals surface area contributed by atoms with Gasteiger partial charge in [0, 0.05) is 22.8 Å². The van der Waals surface area contributed by atoms with Gasteiger partial charge in [0.05, 0.1) is 10.5 Å². The number of hydrogen-bond donors (Lipinski definition) is 1. The van der Waals surface area contributed by atoms with Crippen LogP contribution in [-0.2, 0) is 6.61 Å². The zero-order valence-corrected chi connectivity index (χ0v) is 15.9. The third-order valence-corrected chi connectivity index (χ3v) is 4.51. The van der Waals surface area contributed by atoms with Gasteiger partial charge in [-0.25, -0.2) is 14.4 Å². The predicted molar refractivity (Wildman–Crippen MR) is 110 cm³/mol. The number of nitrogens with zero attached hydrogens (tertiary/aromatic N) is 2. The standard InChI is InChI=1S/C22H15ClFN3O2/c23-19-10-18(5-7-21(19)29-13-15-2-1-3-17(24)9-15)26-22-25-11-16-8-14(12-28)4-6-20(16)27-22/h1-12H,13H2,(H,25,26,27). The van der Waals surface area contributed by atoms with Crippen molar-refractivity contribution in [3.63, 3.8) is 0 Å². The fourth-order valence-electron chi connectivity index (χ4n) is 2.80. The van der Waals surface area contributed by atoms with Crippen LogP contribution in [0.25, 0.3) is 10.9 Å². The summed E-state index contributed by atoms with van der Waals surface area (Å²) in [5.41, 5.74) is 2.69. The van der Waals surface area contributed by atoms with E-state index in [1.807, 2.05) is 0 Å². The quantitative estimate of drug-likeness (QED) is 0.424. The second-order valence-electron chi connectivity index (χ2n) is 6.32. The lowest BCUT2D eigenvalue weighted by Gasteiger charge is -2.11. The molecule has 1 N–H and O–H groups in total. The van der Waals surface area contributed by atoms with E-state index in [4.69, 9.17) is 16.3 Å². The highest BCUT2D eigenvalue weighted by atomic mass is 35.5. The van der Waals surface area contributed by atoms with Gasteiger partial charge in [0.2, 0.25) is 5.95 Å². The van der Waals surface area contributed by atoms with Crippen LogP contribution in [0.4, 0.5) is 16.0 Å². The summed E-state index contributed by atoms with van der Waals surface area (Å²) in [5.74, 6) is 0.581. The number of anilines is 2. The van der Waals surface area contributed by atoms with E-state index in [0.717, 1.165) is 11.7 Å². The van der Waals surface area contributed by atoms with Crippen molar-refractivity contribution in [1.82, 2.24) is 9.97 Å². The van der Waals surface area contributed by atoms with Crippen LogP contribution in [0.5, 0.6) is 5.75 Å². The second-order valence-corrected chi connectivity index (χ2v) is 6.73. The molecular weight excluding hydrogens is 393 g/mol. The molecule has 0 spiro atoms. The van der Waals surface area contributed by atoms with Gasteiger partial charge in [0.15, 0.2) is 0 Å². The molecule has 4 aromatic rings. The van der Waals surface area contributed by atoms with E-state index in [-0.39, 0.29) is 12.4 Å². The Hall–Kier alpha value is -3.51. The lowest BCUT2D eigenvalue weighted by Crippen LogP contribution is -1.99. The summed E-state index contributed by atoms with van der Waals surface area (Å²) in [4.78, 5) is 19.6. The number of ether oxygens (including phenoxy) is 1. The molecule has 0 aliphatic carbocycles. The summed E-state index contributed by atoms with van der Waals surface area (Å²) >= 11 is 6.31. The van der Waals surface area contributed by atoms with Crippen molar-refractivity contribution in [2.45, 2.75) is 6.61 Å². The first-order valence-corrected chi connectivity index (χ1v) is 9.14. The topological polar surface area (TPSA) is 64.1 Å². The number of benzene rings is 3. The first-order chi connectivity index (χ1) is 14.1. The zero-order chi connectivity index (χ0) is 20.2. The van der Waals surface area contributed by atoms with Gasteiger partial charge in [-0.15, -0.1) is 0 Å². The highest BCUT2D eigenvalue weighted by molar-refractivity contribution is 6.32. The SMILES string of the molecule is O=Cc1ccc2nc(Nc3ccc(OCc4cccc(F)c4)c(Cl)c3)ncc2c1. The molecule has 0 atom stereocenters. The van der Waals surface area contributed by atoms with Crippen LogP contribution >= 0.6 is 11.6 Å². The predicted octanol–water partition coefficient (Wildman–Crippen LogP) is 5.56. The molecule has 0 aliphatic heterocycles. The van der Waals surface area contributed by atoms with Gasteiger partial charge < -0.3 is 10.1 Å². The number of carbonyl (C=O) groups is 1. The van der Waals surface area contributed by atoms with Gasteiger partial charge in [0.1, 0.15) is 24.5 Å². The maximum Gasteiger partial charge on any atom is 0.227 e. The average molecular weight is 408 g/mol. The number of rotatable bonds is 6. The third-order valence-electron chi connectivity index (χ3n) is 4.21. The van der Waals surface area contributed by atoms with E-state index in [1.165, 1.54) is 12.1 Å². The first kappa shape index (κ1) is 18.8. The summed E-state index contributed by atoms with van der Waals surface area (Å²) in [6.45, 7) is 0.209. The molecule has 0 saturated carbocycles. The Kier molecular flexibility index (Phi) is 5.35. The molecule has 0 amide bonds. The van der Waals surface area contributed by atoms with Crippen LogP contribution in [0.3, 0.4) is 0 Å². The molecule has 1 heterocycles. The molecule has 29 heavy (non-hydrogen) atoms. The Morgan fingerprint density at radius 3 is 2.79 bits per heavy atom. The van der Waals surface area contributed by atoms with Gasteiger partial charge >= 0.3 is 0 Å². The molecule has 0 unspecified atom stereocenters. The highest BCUT2D eigenvalue weighted by Gasteiger charge is 2.07. The number of hydrogen-bond acceptors (Lipinski definition) is 5. The molecule has 144 valence electrons. The molecule has 0 fully saturated rings. The summed E-state index contributed by atoms with van der Waals surface area (Å²) in [6, 6.07) is 16.6. The number of carbonyl (C=O) groups excluding carboxylic acids is 1. The van der Waals surface area contributed by atoms with E-state index in [2.05, 4.69) is 15.3 Å². The third kappa shape index (κ3) is 4.50. The summed E-state index contributed by atoms with van der Waals surface area (Å²) in [6.07, 6.45) is 2.43. The number of fused-ring (bicyclic) bond motifs is 1. The number of aldehydes is 1. The van der Waals surface area contributed by atoms with Gasteiger partial charge in [0.25, 0.3) is 0 Å². The maximum absolute atomic E-state index is 13.3. The molecular formula is C22H15ClFN3O2. The van der Waals surface area contributed by atoms with Crippen molar-refractivity contribution in [1.29, 1.82) is 0 Å². The fraction of sp³-hybridized carbons (Fsp3) is 0.0455. The van der Waals surface area contributed by atoms with Crippen molar-refractivity contribution in [3.8, 4) is 5.75 Å². The molecule has 3 aromatic carbocycles. The largest absolute Gasteiger partial charge is 0.487 e. The fourth-order valence-corrected chi connectivity index (χ4v) is 3.03. The van der Waals surface area contributed by atoms with Crippen molar-refractivity contribution in [2.24, 2.45) is 0 Å². The van der Waals surface area contributed by atoms with E-state index >= 15 is 0 Å². The lowest BCUT2D eigenvalue weighted by atomic mass is 10.2. The number of nitrogens with one attached hydrogen (secondary N) is 1. The average Bonchev–Trinajstić information content (AvgIpc) is 2.73. The summed E-state index contributed by atoms with van der Waals surface area (Å²) in [7, 11) is 0. The minimum Gasteiger partial charge on any atom is -0.487 e. The Balaban J connectivity index is 1.47. The Bertz CT molecular complexity index is 1200. The zero-order valence-electron chi connectivity index (χ0n) is 15.1. The summed E-state index contributed by atoms with van der Waals surface area (Å²) in [5, 5.41) is 4.28. The lowest BCUT2D eigenvalue weighted by molar-refractivity contribution is 0.112. The Morgan fingerprint density at radius 1 is 1.10 bits per heavy atom. The smallest absolute Gasteiger partial charge is 0.227 e. The van der Waals surface area contributed by atoms with E-state index in [0.29, 0.717) is 39.1 Å². The molecule has 4 rings (SSSR count). The molecule has 7 heteroatoms. The van der Waals surface area contributed by atoms with Crippen LogP contribution in [0.1, 0.15) is 15.9 Å². The van der Waals surface area contributed by atoms with Crippen LogP contribution in [0.15, 0.2) is 66.9 Å². The molecule has 0 bridgehead atoms. The van der Waals surface area contributed by atoms with Gasteiger partial charge in [-0.1, -0.05) is 23.7 Å². The van der Waals surface area contributed by atoms with Crippen molar-refractivity contribution in [3.05, 3.63) is 88.8 Å². The normalized spacial score (nSPS) is 10.7. The molecule has 0 aliphatic rings. The molecule has 0 saturated heterocycles. The van der Waals surface area contributed by atoms with Crippen LogP contribution in [0.2, 0.25) is 5.02 Å². The van der Waals surface area contributed by atoms with Gasteiger partial charge in [-0.2, -0.15) is 0 Å². The van der Waals surface area contributed by atoms with Crippen molar-refractivity contribution >= 4 is 40.4 Å². The van der Waals surface area contributed by atoms with E-state index < -0.39 is 0 Å². The molecule has 1 aromatic heterocycles.